The molecule has 152 valence electrons. The van der Waals surface area contributed by atoms with Crippen LogP contribution in [0.2, 0.25) is 0 Å². The van der Waals surface area contributed by atoms with E-state index in [4.69, 9.17) is 5.73 Å². The third kappa shape index (κ3) is 3.52. The highest BCUT2D eigenvalue weighted by atomic mass is 16.3. The number of benzene rings is 2. The van der Waals surface area contributed by atoms with E-state index in [2.05, 4.69) is 0 Å². The minimum absolute atomic E-state index is 0.0477. The number of amides is 3. The van der Waals surface area contributed by atoms with E-state index in [1.807, 2.05) is 24.3 Å². The molecule has 4 rings (SSSR count). The molecule has 0 bridgehead atoms. The molecule has 0 aliphatic carbocycles. The van der Waals surface area contributed by atoms with Crippen molar-refractivity contribution in [1.82, 2.24) is 9.80 Å². The number of piperidine rings is 1. The maximum absolute atomic E-state index is 13.2. The van der Waals surface area contributed by atoms with Crippen LogP contribution in [0, 0.1) is 5.92 Å². The Morgan fingerprint density at radius 3 is 2.41 bits per heavy atom. The lowest BCUT2D eigenvalue weighted by Gasteiger charge is -2.34. The molecule has 2 aromatic carbocycles. The van der Waals surface area contributed by atoms with Crippen molar-refractivity contribution in [3.63, 3.8) is 0 Å². The summed E-state index contributed by atoms with van der Waals surface area (Å²) in [5.41, 5.74) is 5.59. The third-order valence-electron chi connectivity index (χ3n) is 6.14. The van der Waals surface area contributed by atoms with Crippen molar-refractivity contribution in [3.05, 3.63) is 42.0 Å². The molecule has 3 N–H and O–H groups in total. The van der Waals surface area contributed by atoms with Crippen LogP contribution in [0.4, 0.5) is 0 Å². The second kappa shape index (κ2) is 7.73. The summed E-state index contributed by atoms with van der Waals surface area (Å²) in [6.07, 6.45) is 2.48. The molecule has 2 heterocycles. The molecule has 29 heavy (non-hydrogen) atoms. The van der Waals surface area contributed by atoms with Gasteiger partial charge < -0.3 is 20.6 Å². The molecule has 2 fully saturated rings. The molecule has 2 aromatic rings. The van der Waals surface area contributed by atoms with Gasteiger partial charge in [-0.1, -0.05) is 30.3 Å². The molecule has 7 heteroatoms. The Kier molecular flexibility index (Phi) is 5.13. The molecule has 0 saturated carbocycles. The van der Waals surface area contributed by atoms with Crippen LogP contribution in [0.15, 0.2) is 36.4 Å². The fourth-order valence-corrected chi connectivity index (χ4v) is 4.44. The Hall–Kier alpha value is -3.09. The monoisotopic (exact) mass is 395 g/mol. The number of fused-ring (bicyclic) bond motifs is 1. The van der Waals surface area contributed by atoms with E-state index in [0.717, 1.165) is 11.8 Å². The molecule has 0 radical (unpaired) electrons. The number of hydrogen-bond donors (Lipinski definition) is 2. The number of primary amides is 1. The molecule has 0 spiro atoms. The van der Waals surface area contributed by atoms with Gasteiger partial charge in [0.1, 0.15) is 11.8 Å². The molecular formula is C22H25N3O4. The number of aromatic hydroxyl groups is 1. The first kappa shape index (κ1) is 19.2. The number of nitrogens with two attached hydrogens (primary N) is 1. The quantitative estimate of drug-likeness (QED) is 0.828. The molecule has 1 atom stereocenters. The van der Waals surface area contributed by atoms with E-state index in [9.17, 15) is 19.5 Å². The van der Waals surface area contributed by atoms with Crippen LogP contribution in [0.3, 0.4) is 0 Å². The first-order chi connectivity index (χ1) is 14.0. The fourth-order valence-electron chi connectivity index (χ4n) is 4.44. The number of phenols is 1. The van der Waals surface area contributed by atoms with Crippen LogP contribution in [0.1, 0.15) is 36.0 Å². The van der Waals surface area contributed by atoms with Crippen molar-refractivity contribution in [2.45, 2.75) is 31.7 Å². The predicted molar refractivity (Wildman–Crippen MR) is 108 cm³/mol. The Bertz CT molecular complexity index is 966. The predicted octanol–water partition coefficient (Wildman–Crippen LogP) is 1.87. The number of rotatable bonds is 3. The minimum Gasteiger partial charge on any atom is -0.506 e. The lowest BCUT2D eigenvalue weighted by molar-refractivity contribution is -0.138. The Balaban J connectivity index is 1.53. The maximum atomic E-state index is 13.2. The molecule has 2 aliphatic heterocycles. The number of hydrogen-bond acceptors (Lipinski definition) is 4. The number of carbonyl (C=O) groups is 3. The number of phenolic OH excluding ortho intramolecular Hbond substituents is 1. The summed E-state index contributed by atoms with van der Waals surface area (Å²) < 4.78 is 0. The van der Waals surface area contributed by atoms with Crippen molar-refractivity contribution < 1.29 is 19.5 Å². The highest BCUT2D eigenvalue weighted by Crippen LogP contribution is 2.32. The normalized spacial score (nSPS) is 20.2. The second-order valence-corrected chi connectivity index (χ2v) is 7.84. The van der Waals surface area contributed by atoms with E-state index in [1.54, 1.807) is 21.9 Å². The van der Waals surface area contributed by atoms with Gasteiger partial charge in [0.05, 0.1) is 5.56 Å². The molecule has 0 aromatic heterocycles. The van der Waals surface area contributed by atoms with Gasteiger partial charge in [0.25, 0.3) is 5.91 Å². The highest BCUT2D eigenvalue weighted by Gasteiger charge is 2.39. The van der Waals surface area contributed by atoms with Gasteiger partial charge in [-0.25, -0.2) is 0 Å². The van der Waals surface area contributed by atoms with Gasteiger partial charge in [0, 0.05) is 30.9 Å². The lowest BCUT2D eigenvalue weighted by Crippen LogP contribution is -2.50. The molecule has 1 unspecified atom stereocenters. The summed E-state index contributed by atoms with van der Waals surface area (Å²) in [6, 6.07) is 10.2. The van der Waals surface area contributed by atoms with E-state index < -0.39 is 6.04 Å². The molecule has 3 amide bonds. The van der Waals surface area contributed by atoms with Crippen molar-refractivity contribution in [3.8, 4) is 5.75 Å². The van der Waals surface area contributed by atoms with Gasteiger partial charge in [-0.05, 0) is 37.1 Å². The first-order valence-electron chi connectivity index (χ1n) is 10.1. The van der Waals surface area contributed by atoms with E-state index in [-0.39, 0.29) is 35.0 Å². The Labute approximate surface area is 169 Å². The van der Waals surface area contributed by atoms with Crippen LogP contribution < -0.4 is 5.73 Å². The van der Waals surface area contributed by atoms with Crippen molar-refractivity contribution >= 4 is 28.5 Å². The topological polar surface area (TPSA) is 104 Å². The summed E-state index contributed by atoms with van der Waals surface area (Å²) >= 11 is 0. The smallest absolute Gasteiger partial charge is 0.258 e. The summed E-state index contributed by atoms with van der Waals surface area (Å²) in [4.78, 5) is 40.9. The molecule has 7 nitrogen and oxygen atoms in total. The van der Waals surface area contributed by atoms with Crippen LogP contribution in [0.5, 0.6) is 5.75 Å². The van der Waals surface area contributed by atoms with Gasteiger partial charge in [0.2, 0.25) is 11.8 Å². The summed E-state index contributed by atoms with van der Waals surface area (Å²) in [5, 5.41) is 12.1. The van der Waals surface area contributed by atoms with Gasteiger partial charge in [0.15, 0.2) is 0 Å². The average Bonchev–Trinajstić information content (AvgIpc) is 3.23. The van der Waals surface area contributed by atoms with Crippen molar-refractivity contribution in [1.29, 1.82) is 0 Å². The lowest BCUT2D eigenvalue weighted by atomic mass is 9.95. The van der Waals surface area contributed by atoms with Crippen LogP contribution in [-0.4, -0.2) is 58.3 Å². The van der Waals surface area contributed by atoms with Crippen molar-refractivity contribution in [2.75, 3.05) is 19.6 Å². The number of nitrogens with zero attached hydrogens (tertiary/aromatic N) is 2. The van der Waals surface area contributed by atoms with E-state index in [0.29, 0.717) is 44.3 Å². The number of carbonyl (C=O) groups excluding carboxylic acids is 3. The van der Waals surface area contributed by atoms with Gasteiger partial charge in [-0.3, -0.25) is 14.4 Å². The summed E-state index contributed by atoms with van der Waals surface area (Å²) in [7, 11) is 0. The number of likely N-dealkylation sites (tertiary alicyclic amines) is 2. The third-order valence-corrected chi connectivity index (χ3v) is 6.14. The first-order valence-corrected chi connectivity index (χ1v) is 10.1. The zero-order valence-corrected chi connectivity index (χ0v) is 16.2. The van der Waals surface area contributed by atoms with Crippen LogP contribution in [0.25, 0.3) is 10.8 Å². The molecular weight excluding hydrogens is 370 g/mol. The SMILES string of the molecule is NC(=O)C1CCN(C(=O)C2CCCN2C(=O)c2ccc3ccccc3c2O)CC1. The van der Waals surface area contributed by atoms with Gasteiger partial charge in [-0.15, -0.1) is 0 Å². The highest BCUT2D eigenvalue weighted by molar-refractivity contribution is 6.05. The zero-order chi connectivity index (χ0) is 20.5. The minimum atomic E-state index is -0.529. The summed E-state index contributed by atoms with van der Waals surface area (Å²) in [6.45, 7) is 1.44. The van der Waals surface area contributed by atoms with Crippen LogP contribution in [-0.2, 0) is 9.59 Å². The summed E-state index contributed by atoms with van der Waals surface area (Å²) in [5.74, 6) is -0.958. The molecule has 2 saturated heterocycles. The Morgan fingerprint density at radius 1 is 0.966 bits per heavy atom. The van der Waals surface area contributed by atoms with Gasteiger partial charge >= 0.3 is 0 Å². The molecule has 2 aliphatic rings. The second-order valence-electron chi connectivity index (χ2n) is 7.84. The maximum Gasteiger partial charge on any atom is 0.258 e. The standard InChI is InChI=1S/C22H25N3O4/c23-20(27)15-9-12-24(13-10-15)22(29)18-6-3-11-25(18)21(28)17-8-7-14-4-1-2-5-16(14)19(17)26/h1-2,4-5,7-8,15,18,26H,3,6,9-13H2,(H2,23,27). The largest absolute Gasteiger partial charge is 0.506 e. The average molecular weight is 395 g/mol. The Morgan fingerprint density at radius 2 is 1.69 bits per heavy atom. The van der Waals surface area contributed by atoms with Crippen molar-refractivity contribution in [2.24, 2.45) is 11.7 Å². The van der Waals surface area contributed by atoms with Gasteiger partial charge in [-0.2, -0.15) is 0 Å². The van der Waals surface area contributed by atoms with E-state index in [1.165, 1.54) is 0 Å². The van der Waals surface area contributed by atoms with E-state index >= 15 is 0 Å². The fraction of sp³-hybridized carbons (Fsp3) is 0.409. The van der Waals surface area contributed by atoms with Crippen LogP contribution >= 0.6 is 0 Å². The zero-order valence-electron chi connectivity index (χ0n) is 16.2.